The average molecular weight is 207 g/mol. The summed E-state index contributed by atoms with van der Waals surface area (Å²) in [7, 11) is 1.64. The second-order valence-corrected chi connectivity index (χ2v) is 3.74. The SMILES string of the molecule is COCCC(C)C(=O)c1ccc(C)nc1. The van der Waals surface area contributed by atoms with E-state index in [2.05, 4.69) is 4.98 Å². The number of ketones is 1. The van der Waals surface area contributed by atoms with Crippen LogP contribution in [0, 0.1) is 12.8 Å². The number of pyridine rings is 1. The summed E-state index contributed by atoms with van der Waals surface area (Å²) in [6.07, 6.45) is 2.39. The van der Waals surface area contributed by atoms with Gasteiger partial charge in [0.25, 0.3) is 0 Å². The zero-order chi connectivity index (χ0) is 11.3. The lowest BCUT2D eigenvalue weighted by molar-refractivity contribution is 0.0893. The molecule has 0 saturated carbocycles. The van der Waals surface area contributed by atoms with Gasteiger partial charge in [0.2, 0.25) is 0 Å². The van der Waals surface area contributed by atoms with E-state index in [1.807, 2.05) is 26.0 Å². The van der Waals surface area contributed by atoms with Gasteiger partial charge < -0.3 is 4.74 Å². The monoisotopic (exact) mass is 207 g/mol. The lowest BCUT2D eigenvalue weighted by Crippen LogP contribution is -2.13. The molecule has 1 aromatic heterocycles. The fraction of sp³-hybridized carbons (Fsp3) is 0.500. The number of nitrogens with zero attached hydrogens (tertiary/aromatic N) is 1. The van der Waals surface area contributed by atoms with Crippen LogP contribution < -0.4 is 0 Å². The number of methoxy groups -OCH3 is 1. The zero-order valence-electron chi connectivity index (χ0n) is 9.49. The average Bonchev–Trinajstić information content (AvgIpc) is 2.26. The number of hydrogen-bond donors (Lipinski definition) is 0. The molecule has 1 atom stereocenters. The molecule has 1 aromatic rings. The lowest BCUT2D eigenvalue weighted by Gasteiger charge is -2.09. The van der Waals surface area contributed by atoms with Gasteiger partial charge in [-0.1, -0.05) is 6.92 Å². The molecule has 1 unspecified atom stereocenters. The molecule has 0 bridgehead atoms. The molecule has 0 radical (unpaired) electrons. The molecule has 0 amide bonds. The molecule has 0 fully saturated rings. The summed E-state index contributed by atoms with van der Waals surface area (Å²) >= 11 is 0. The Morgan fingerprint density at radius 1 is 1.53 bits per heavy atom. The van der Waals surface area contributed by atoms with Gasteiger partial charge in [-0.05, 0) is 25.5 Å². The number of rotatable bonds is 5. The molecule has 0 aliphatic rings. The predicted molar refractivity (Wildman–Crippen MR) is 59.0 cm³/mol. The third kappa shape index (κ3) is 3.44. The van der Waals surface area contributed by atoms with Crippen LogP contribution in [-0.2, 0) is 4.74 Å². The van der Waals surface area contributed by atoms with Gasteiger partial charge in [0.1, 0.15) is 0 Å². The smallest absolute Gasteiger partial charge is 0.167 e. The van der Waals surface area contributed by atoms with Crippen molar-refractivity contribution in [1.29, 1.82) is 0 Å². The first-order valence-corrected chi connectivity index (χ1v) is 5.11. The summed E-state index contributed by atoms with van der Waals surface area (Å²) in [6, 6.07) is 3.68. The van der Waals surface area contributed by atoms with Crippen molar-refractivity contribution in [1.82, 2.24) is 4.98 Å². The van der Waals surface area contributed by atoms with Crippen LogP contribution in [0.25, 0.3) is 0 Å². The van der Waals surface area contributed by atoms with E-state index in [4.69, 9.17) is 4.74 Å². The highest BCUT2D eigenvalue weighted by Crippen LogP contribution is 2.11. The van der Waals surface area contributed by atoms with Crippen LogP contribution in [0.3, 0.4) is 0 Å². The molecule has 0 spiro atoms. The van der Waals surface area contributed by atoms with Crippen LogP contribution in [0.5, 0.6) is 0 Å². The summed E-state index contributed by atoms with van der Waals surface area (Å²) < 4.78 is 4.95. The highest BCUT2D eigenvalue weighted by molar-refractivity contribution is 5.97. The van der Waals surface area contributed by atoms with Gasteiger partial charge in [-0.2, -0.15) is 0 Å². The molecule has 1 heterocycles. The first kappa shape index (κ1) is 11.9. The van der Waals surface area contributed by atoms with E-state index in [1.54, 1.807) is 13.3 Å². The van der Waals surface area contributed by atoms with Gasteiger partial charge in [0, 0.05) is 37.1 Å². The number of aryl methyl sites for hydroxylation is 1. The predicted octanol–water partition coefficient (Wildman–Crippen LogP) is 2.25. The standard InChI is InChI=1S/C12H17NO2/c1-9(6-7-15-3)12(14)11-5-4-10(2)13-8-11/h4-5,8-9H,6-7H2,1-3H3. The normalized spacial score (nSPS) is 12.5. The van der Waals surface area contributed by atoms with Crippen molar-refractivity contribution in [3.05, 3.63) is 29.6 Å². The minimum atomic E-state index is -0.00513. The van der Waals surface area contributed by atoms with Crippen molar-refractivity contribution in [2.24, 2.45) is 5.92 Å². The number of hydrogen-bond acceptors (Lipinski definition) is 3. The van der Waals surface area contributed by atoms with Crippen molar-refractivity contribution in [2.45, 2.75) is 20.3 Å². The van der Waals surface area contributed by atoms with Crippen LogP contribution in [0.1, 0.15) is 29.4 Å². The van der Waals surface area contributed by atoms with Gasteiger partial charge in [0.15, 0.2) is 5.78 Å². The molecule has 0 saturated heterocycles. The summed E-state index contributed by atoms with van der Waals surface area (Å²) in [6.45, 7) is 4.44. The van der Waals surface area contributed by atoms with Crippen LogP contribution >= 0.6 is 0 Å². The van der Waals surface area contributed by atoms with Crippen molar-refractivity contribution in [2.75, 3.05) is 13.7 Å². The maximum absolute atomic E-state index is 11.9. The Morgan fingerprint density at radius 2 is 2.27 bits per heavy atom. The van der Waals surface area contributed by atoms with E-state index in [0.29, 0.717) is 12.2 Å². The molecule has 1 rings (SSSR count). The number of Topliss-reactive ketones (excluding diaryl/α,β-unsaturated/α-hetero) is 1. The van der Waals surface area contributed by atoms with Crippen molar-refractivity contribution in [3.63, 3.8) is 0 Å². The molecule has 0 aromatic carbocycles. The van der Waals surface area contributed by atoms with E-state index in [9.17, 15) is 4.79 Å². The molecule has 3 heteroatoms. The molecule has 3 nitrogen and oxygen atoms in total. The Balaban J connectivity index is 2.63. The van der Waals surface area contributed by atoms with Crippen LogP contribution in [-0.4, -0.2) is 24.5 Å². The summed E-state index contributed by atoms with van der Waals surface area (Å²) in [4.78, 5) is 16.0. The van der Waals surface area contributed by atoms with Crippen LogP contribution in [0.2, 0.25) is 0 Å². The van der Waals surface area contributed by atoms with E-state index < -0.39 is 0 Å². The van der Waals surface area contributed by atoms with Crippen molar-refractivity contribution < 1.29 is 9.53 Å². The maximum atomic E-state index is 11.9. The van der Waals surface area contributed by atoms with E-state index >= 15 is 0 Å². The second-order valence-electron chi connectivity index (χ2n) is 3.74. The topological polar surface area (TPSA) is 39.2 Å². The number of carbonyl (C=O) groups excluding carboxylic acids is 1. The minimum absolute atomic E-state index is 0.00513. The Kier molecular flexibility index (Phi) is 4.43. The Morgan fingerprint density at radius 3 is 2.80 bits per heavy atom. The molecule has 0 aliphatic heterocycles. The fourth-order valence-electron chi connectivity index (χ4n) is 1.32. The van der Waals surface area contributed by atoms with Crippen LogP contribution in [0.15, 0.2) is 18.3 Å². The van der Waals surface area contributed by atoms with E-state index in [0.717, 1.165) is 12.1 Å². The molecular formula is C12H17NO2. The zero-order valence-corrected chi connectivity index (χ0v) is 9.49. The fourth-order valence-corrected chi connectivity index (χ4v) is 1.32. The molecular weight excluding hydrogens is 190 g/mol. The van der Waals surface area contributed by atoms with Gasteiger partial charge in [-0.25, -0.2) is 0 Å². The Hall–Kier alpha value is -1.22. The molecule has 15 heavy (non-hydrogen) atoms. The van der Waals surface area contributed by atoms with Crippen molar-refractivity contribution in [3.8, 4) is 0 Å². The van der Waals surface area contributed by atoms with E-state index in [1.165, 1.54) is 0 Å². The Labute approximate surface area is 90.5 Å². The van der Waals surface area contributed by atoms with Gasteiger partial charge in [-0.15, -0.1) is 0 Å². The first-order chi connectivity index (χ1) is 7.15. The maximum Gasteiger partial charge on any atom is 0.167 e. The van der Waals surface area contributed by atoms with E-state index in [-0.39, 0.29) is 11.7 Å². The summed E-state index contributed by atoms with van der Waals surface area (Å²) in [5.41, 5.74) is 1.61. The second kappa shape index (κ2) is 5.61. The van der Waals surface area contributed by atoms with Gasteiger partial charge in [0.05, 0.1) is 0 Å². The molecule has 82 valence electrons. The third-order valence-corrected chi connectivity index (χ3v) is 2.40. The third-order valence-electron chi connectivity index (χ3n) is 2.40. The first-order valence-electron chi connectivity index (χ1n) is 5.11. The highest BCUT2D eigenvalue weighted by Gasteiger charge is 2.14. The minimum Gasteiger partial charge on any atom is -0.385 e. The molecule has 0 N–H and O–H groups in total. The van der Waals surface area contributed by atoms with Crippen LogP contribution in [0.4, 0.5) is 0 Å². The lowest BCUT2D eigenvalue weighted by atomic mass is 9.98. The highest BCUT2D eigenvalue weighted by atomic mass is 16.5. The largest absolute Gasteiger partial charge is 0.385 e. The molecule has 0 aliphatic carbocycles. The number of aromatic nitrogens is 1. The quantitative estimate of drug-likeness (QED) is 0.695. The Bertz CT molecular complexity index is 319. The van der Waals surface area contributed by atoms with Gasteiger partial charge >= 0.3 is 0 Å². The summed E-state index contributed by atoms with van der Waals surface area (Å²) in [5, 5.41) is 0. The summed E-state index contributed by atoms with van der Waals surface area (Å²) in [5.74, 6) is 0.133. The number of ether oxygens (including phenoxy) is 1. The number of carbonyl (C=O) groups is 1. The van der Waals surface area contributed by atoms with Crippen molar-refractivity contribution >= 4 is 5.78 Å². The van der Waals surface area contributed by atoms with Gasteiger partial charge in [-0.3, -0.25) is 9.78 Å².